The zero-order chi connectivity index (χ0) is 13.0. The SMILES string of the molecule is COc1cccc(Cl)c1C(=O)CC(C)C(=O)O. The minimum absolute atomic E-state index is 0.102. The van der Waals surface area contributed by atoms with Crippen LogP contribution in [0.1, 0.15) is 23.7 Å². The third-order valence-corrected chi connectivity index (χ3v) is 2.70. The van der Waals surface area contributed by atoms with Gasteiger partial charge >= 0.3 is 5.97 Å². The molecule has 0 spiro atoms. The Morgan fingerprint density at radius 1 is 1.47 bits per heavy atom. The average molecular weight is 257 g/mol. The largest absolute Gasteiger partial charge is 0.496 e. The summed E-state index contributed by atoms with van der Waals surface area (Å²) in [6.45, 7) is 1.48. The van der Waals surface area contributed by atoms with Gasteiger partial charge in [-0.2, -0.15) is 0 Å². The molecule has 1 N–H and O–H groups in total. The molecule has 0 amide bonds. The molecule has 4 nitrogen and oxygen atoms in total. The van der Waals surface area contributed by atoms with E-state index in [1.807, 2.05) is 0 Å². The van der Waals surface area contributed by atoms with E-state index in [9.17, 15) is 9.59 Å². The summed E-state index contributed by atoms with van der Waals surface area (Å²) in [5, 5.41) is 9.03. The van der Waals surface area contributed by atoms with Crippen molar-refractivity contribution in [3.05, 3.63) is 28.8 Å². The summed E-state index contributed by atoms with van der Waals surface area (Å²) in [4.78, 5) is 22.6. The first-order chi connectivity index (χ1) is 7.97. The lowest BCUT2D eigenvalue weighted by atomic mass is 9.99. The van der Waals surface area contributed by atoms with Crippen LogP contribution in [0.4, 0.5) is 0 Å². The van der Waals surface area contributed by atoms with Crippen molar-refractivity contribution < 1.29 is 19.4 Å². The Kier molecular flexibility index (Phi) is 4.52. The number of carboxylic acids is 1. The van der Waals surface area contributed by atoms with Crippen LogP contribution in [0.15, 0.2) is 18.2 Å². The van der Waals surface area contributed by atoms with Crippen LogP contribution < -0.4 is 4.74 Å². The van der Waals surface area contributed by atoms with E-state index in [1.54, 1.807) is 18.2 Å². The molecule has 0 aliphatic carbocycles. The molecule has 1 aromatic rings. The first kappa shape index (κ1) is 13.5. The Morgan fingerprint density at radius 2 is 2.12 bits per heavy atom. The van der Waals surface area contributed by atoms with Crippen LogP contribution in [0.3, 0.4) is 0 Å². The van der Waals surface area contributed by atoms with Crippen molar-refractivity contribution in [3.8, 4) is 5.75 Å². The van der Waals surface area contributed by atoms with Gasteiger partial charge in [-0.15, -0.1) is 0 Å². The van der Waals surface area contributed by atoms with Gasteiger partial charge < -0.3 is 9.84 Å². The van der Waals surface area contributed by atoms with E-state index in [-0.39, 0.29) is 22.8 Å². The van der Waals surface area contributed by atoms with Gasteiger partial charge in [-0.3, -0.25) is 9.59 Å². The summed E-state index contributed by atoms with van der Waals surface area (Å²) in [5.41, 5.74) is 0.241. The second-order valence-corrected chi connectivity index (χ2v) is 4.09. The highest BCUT2D eigenvalue weighted by molar-refractivity contribution is 6.34. The predicted octanol–water partition coefficient (Wildman–Crippen LogP) is 2.64. The molecule has 0 bridgehead atoms. The Hall–Kier alpha value is -1.55. The molecule has 92 valence electrons. The molecule has 0 fully saturated rings. The molecule has 0 aromatic heterocycles. The maximum Gasteiger partial charge on any atom is 0.306 e. The van der Waals surface area contributed by atoms with Crippen molar-refractivity contribution in [3.63, 3.8) is 0 Å². The van der Waals surface area contributed by atoms with Crippen LogP contribution in [0, 0.1) is 5.92 Å². The Bertz CT molecular complexity index is 442. The molecule has 0 radical (unpaired) electrons. The number of benzene rings is 1. The van der Waals surface area contributed by atoms with Gasteiger partial charge in [-0.25, -0.2) is 0 Å². The van der Waals surface area contributed by atoms with Crippen molar-refractivity contribution in [2.24, 2.45) is 5.92 Å². The number of methoxy groups -OCH3 is 1. The average Bonchev–Trinajstić information content (AvgIpc) is 2.27. The molecule has 0 saturated carbocycles. The predicted molar refractivity (Wildman–Crippen MR) is 63.8 cm³/mol. The zero-order valence-electron chi connectivity index (χ0n) is 9.57. The van der Waals surface area contributed by atoms with E-state index in [4.69, 9.17) is 21.4 Å². The number of ketones is 1. The van der Waals surface area contributed by atoms with Crippen LogP contribution in [-0.4, -0.2) is 24.0 Å². The quantitative estimate of drug-likeness (QED) is 0.823. The highest BCUT2D eigenvalue weighted by atomic mass is 35.5. The third-order valence-electron chi connectivity index (χ3n) is 2.39. The van der Waals surface area contributed by atoms with Crippen LogP contribution in [-0.2, 0) is 4.79 Å². The topological polar surface area (TPSA) is 63.6 Å². The molecular formula is C12H13ClO4. The van der Waals surface area contributed by atoms with Crippen LogP contribution >= 0.6 is 11.6 Å². The molecule has 1 aromatic carbocycles. The summed E-state index contributed by atoms with van der Waals surface area (Å²) in [6, 6.07) is 4.85. The Labute approximate surface area is 104 Å². The lowest BCUT2D eigenvalue weighted by Crippen LogP contribution is -2.15. The minimum atomic E-state index is -1.01. The Balaban J connectivity index is 3.00. The fourth-order valence-corrected chi connectivity index (χ4v) is 1.68. The summed E-state index contributed by atoms with van der Waals surface area (Å²) in [5.74, 6) is -1.73. The van der Waals surface area contributed by atoms with Crippen LogP contribution in [0.2, 0.25) is 5.02 Å². The van der Waals surface area contributed by atoms with Crippen molar-refractivity contribution in [1.29, 1.82) is 0 Å². The van der Waals surface area contributed by atoms with Gasteiger partial charge in [0, 0.05) is 6.42 Å². The van der Waals surface area contributed by atoms with E-state index >= 15 is 0 Å². The monoisotopic (exact) mass is 256 g/mol. The van der Waals surface area contributed by atoms with Crippen molar-refractivity contribution in [2.75, 3.05) is 7.11 Å². The number of carbonyl (C=O) groups is 2. The zero-order valence-corrected chi connectivity index (χ0v) is 10.3. The minimum Gasteiger partial charge on any atom is -0.496 e. The number of rotatable bonds is 5. The van der Waals surface area contributed by atoms with E-state index in [0.717, 1.165) is 0 Å². The number of hydrogen-bond donors (Lipinski definition) is 1. The van der Waals surface area contributed by atoms with Gasteiger partial charge in [-0.1, -0.05) is 24.6 Å². The molecule has 17 heavy (non-hydrogen) atoms. The molecule has 0 aliphatic heterocycles. The molecule has 0 aliphatic rings. The fourth-order valence-electron chi connectivity index (χ4n) is 1.41. The highest BCUT2D eigenvalue weighted by Crippen LogP contribution is 2.28. The highest BCUT2D eigenvalue weighted by Gasteiger charge is 2.21. The van der Waals surface area contributed by atoms with Gasteiger partial charge in [0.05, 0.1) is 23.6 Å². The van der Waals surface area contributed by atoms with Gasteiger partial charge in [0.2, 0.25) is 0 Å². The number of Topliss-reactive ketones (excluding diaryl/α,β-unsaturated/α-hetero) is 1. The summed E-state index contributed by atoms with van der Waals surface area (Å²) in [6.07, 6.45) is -0.102. The van der Waals surface area contributed by atoms with E-state index in [2.05, 4.69) is 0 Å². The lowest BCUT2D eigenvalue weighted by molar-refractivity contribution is -0.141. The molecule has 0 saturated heterocycles. The molecule has 1 atom stereocenters. The third kappa shape index (κ3) is 3.20. The van der Waals surface area contributed by atoms with E-state index in [0.29, 0.717) is 5.75 Å². The summed E-state index contributed by atoms with van der Waals surface area (Å²) >= 11 is 5.92. The van der Waals surface area contributed by atoms with Crippen LogP contribution in [0.25, 0.3) is 0 Å². The van der Waals surface area contributed by atoms with Crippen molar-refractivity contribution >= 4 is 23.4 Å². The molecular weight excluding hydrogens is 244 g/mol. The molecule has 1 rings (SSSR count). The summed E-state index contributed by atoms with van der Waals surface area (Å²) < 4.78 is 5.04. The molecule has 0 heterocycles. The first-order valence-electron chi connectivity index (χ1n) is 5.06. The number of aliphatic carboxylic acids is 1. The number of carbonyl (C=O) groups excluding carboxylic acids is 1. The van der Waals surface area contributed by atoms with Crippen molar-refractivity contribution in [1.82, 2.24) is 0 Å². The number of halogens is 1. The van der Waals surface area contributed by atoms with Crippen molar-refractivity contribution in [2.45, 2.75) is 13.3 Å². The smallest absolute Gasteiger partial charge is 0.306 e. The number of carboxylic acid groups (broad SMARTS) is 1. The second kappa shape index (κ2) is 5.68. The Morgan fingerprint density at radius 3 is 2.65 bits per heavy atom. The number of ether oxygens (including phenoxy) is 1. The fraction of sp³-hybridized carbons (Fsp3) is 0.333. The number of hydrogen-bond acceptors (Lipinski definition) is 3. The lowest BCUT2D eigenvalue weighted by Gasteiger charge is -2.10. The van der Waals surface area contributed by atoms with E-state index < -0.39 is 11.9 Å². The second-order valence-electron chi connectivity index (χ2n) is 3.68. The van der Waals surface area contributed by atoms with Crippen LogP contribution in [0.5, 0.6) is 5.75 Å². The van der Waals surface area contributed by atoms with Gasteiger partial charge in [-0.05, 0) is 12.1 Å². The molecule has 5 heteroatoms. The molecule has 1 unspecified atom stereocenters. The van der Waals surface area contributed by atoms with Gasteiger partial charge in [0.1, 0.15) is 5.75 Å². The van der Waals surface area contributed by atoms with Gasteiger partial charge in [0.25, 0.3) is 0 Å². The normalized spacial score (nSPS) is 11.9. The maximum absolute atomic E-state index is 11.9. The maximum atomic E-state index is 11.9. The summed E-state index contributed by atoms with van der Waals surface area (Å²) in [7, 11) is 1.43. The first-order valence-corrected chi connectivity index (χ1v) is 5.43. The van der Waals surface area contributed by atoms with Gasteiger partial charge in [0.15, 0.2) is 5.78 Å². The standard InChI is InChI=1S/C12H13ClO4/c1-7(12(15)16)6-9(14)11-8(13)4-3-5-10(11)17-2/h3-5,7H,6H2,1-2H3,(H,15,16). The van der Waals surface area contributed by atoms with E-state index in [1.165, 1.54) is 14.0 Å².